The second-order valence-electron chi connectivity index (χ2n) is 6.20. The molecule has 0 saturated carbocycles. The highest BCUT2D eigenvalue weighted by atomic mass is 32.1. The highest BCUT2D eigenvalue weighted by Gasteiger charge is 2.36. The Kier molecular flexibility index (Phi) is 5.60. The maximum absolute atomic E-state index is 13.0. The van der Waals surface area contributed by atoms with Crippen molar-refractivity contribution in [1.29, 1.82) is 0 Å². The summed E-state index contributed by atoms with van der Waals surface area (Å²) in [6.45, 7) is 2.73. The van der Waals surface area contributed by atoms with Crippen molar-refractivity contribution >= 4 is 28.2 Å². The highest BCUT2D eigenvalue weighted by molar-refractivity contribution is 7.15. The van der Waals surface area contributed by atoms with Gasteiger partial charge in [-0.25, -0.2) is 4.68 Å². The van der Waals surface area contributed by atoms with Crippen LogP contribution in [0.4, 0.5) is 31.5 Å². The summed E-state index contributed by atoms with van der Waals surface area (Å²) >= 11 is 0.0363. The van der Waals surface area contributed by atoms with E-state index in [1.165, 1.54) is 19.9 Å². The maximum Gasteiger partial charge on any atom is 0.445 e. The molecule has 1 amide bonds. The Balaban J connectivity index is 1.89. The van der Waals surface area contributed by atoms with Gasteiger partial charge in [0.05, 0.1) is 28.2 Å². The molecule has 0 unspecified atom stereocenters. The molecule has 0 aliphatic carbocycles. The molecule has 31 heavy (non-hydrogen) atoms. The smallest absolute Gasteiger partial charge is 0.293 e. The molecule has 3 rings (SSSR count). The number of rotatable bonds is 4. The standard InChI is InChI=1S/C17H11F6N5O2S/c1-7-11(12(29)13(30)24-15-26-25-14(31-15)17(21,22)23)8(2)28(27-7)10-5-3-4-9(6-10)16(18,19)20/h3-6H,1-2H3,(H,24,26,30). The lowest BCUT2D eigenvalue weighted by molar-refractivity contribution is -0.138. The fraction of sp³-hybridized carbons (Fsp3) is 0.235. The first-order valence-corrected chi connectivity index (χ1v) is 9.11. The lowest BCUT2D eigenvalue weighted by Crippen LogP contribution is -2.24. The fourth-order valence-electron chi connectivity index (χ4n) is 2.69. The van der Waals surface area contributed by atoms with Gasteiger partial charge in [0.2, 0.25) is 10.1 Å². The summed E-state index contributed by atoms with van der Waals surface area (Å²) < 4.78 is 77.7. The number of hydrogen-bond acceptors (Lipinski definition) is 6. The molecule has 0 atom stereocenters. The first-order valence-electron chi connectivity index (χ1n) is 8.29. The number of carbonyl (C=O) groups is 2. The lowest BCUT2D eigenvalue weighted by atomic mass is 10.1. The van der Waals surface area contributed by atoms with Crippen molar-refractivity contribution in [2.75, 3.05) is 5.32 Å². The summed E-state index contributed by atoms with van der Waals surface area (Å²) in [4.78, 5) is 24.8. The monoisotopic (exact) mass is 463 g/mol. The van der Waals surface area contributed by atoms with Gasteiger partial charge < -0.3 is 0 Å². The molecule has 3 aromatic rings. The van der Waals surface area contributed by atoms with Crippen LogP contribution in [0.25, 0.3) is 5.69 Å². The molecular weight excluding hydrogens is 452 g/mol. The van der Waals surface area contributed by atoms with Crippen LogP contribution in [0.3, 0.4) is 0 Å². The molecule has 0 saturated heterocycles. The van der Waals surface area contributed by atoms with E-state index in [-0.39, 0.29) is 34.0 Å². The number of aryl methyl sites for hydroxylation is 1. The number of aromatic nitrogens is 4. The van der Waals surface area contributed by atoms with Gasteiger partial charge in [-0.15, -0.1) is 10.2 Å². The summed E-state index contributed by atoms with van der Waals surface area (Å²) in [6, 6.07) is 4.19. The van der Waals surface area contributed by atoms with E-state index >= 15 is 0 Å². The first-order chi connectivity index (χ1) is 14.3. The van der Waals surface area contributed by atoms with Gasteiger partial charge in [-0.1, -0.05) is 17.4 Å². The molecule has 0 aliphatic heterocycles. The normalized spacial score (nSPS) is 12.1. The number of hydrogen-bond donors (Lipinski definition) is 1. The molecule has 164 valence electrons. The number of ketones is 1. The van der Waals surface area contributed by atoms with Crippen molar-refractivity contribution in [3.63, 3.8) is 0 Å². The quantitative estimate of drug-likeness (QED) is 0.356. The Morgan fingerprint density at radius 2 is 1.71 bits per heavy atom. The number of nitrogens with zero attached hydrogens (tertiary/aromatic N) is 4. The average molecular weight is 463 g/mol. The minimum atomic E-state index is -4.76. The van der Waals surface area contributed by atoms with Crippen LogP contribution in [-0.4, -0.2) is 31.7 Å². The number of Topliss-reactive ketones (excluding diaryl/α,β-unsaturated/α-hetero) is 1. The Labute approximate surface area is 173 Å². The minimum absolute atomic E-state index is 0.00817. The minimum Gasteiger partial charge on any atom is -0.293 e. The Bertz CT molecular complexity index is 1160. The molecule has 1 N–H and O–H groups in total. The van der Waals surface area contributed by atoms with E-state index in [1.807, 2.05) is 5.32 Å². The molecule has 1 aromatic carbocycles. The van der Waals surface area contributed by atoms with Crippen LogP contribution in [0.2, 0.25) is 0 Å². The molecule has 0 bridgehead atoms. The van der Waals surface area contributed by atoms with Crippen molar-refractivity contribution in [3.05, 3.63) is 51.8 Å². The number of halogens is 6. The van der Waals surface area contributed by atoms with Crippen molar-refractivity contribution in [1.82, 2.24) is 20.0 Å². The predicted molar refractivity (Wildman–Crippen MR) is 95.9 cm³/mol. The molecular formula is C17H11F6N5O2S. The molecule has 14 heteroatoms. The molecule has 0 fully saturated rings. The molecule has 7 nitrogen and oxygen atoms in total. The first kappa shape index (κ1) is 22.4. The van der Waals surface area contributed by atoms with E-state index in [1.54, 1.807) is 0 Å². The summed E-state index contributed by atoms with van der Waals surface area (Å²) in [5, 5.41) is 10.2. The van der Waals surface area contributed by atoms with E-state index in [0.29, 0.717) is 0 Å². The number of alkyl halides is 6. The van der Waals surface area contributed by atoms with Crippen LogP contribution in [0.15, 0.2) is 24.3 Å². The molecule has 0 aliphatic rings. The zero-order chi connectivity index (χ0) is 23.1. The van der Waals surface area contributed by atoms with E-state index in [4.69, 9.17) is 0 Å². The van der Waals surface area contributed by atoms with Gasteiger partial charge >= 0.3 is 12.4 Å². The molecule has 0 spiro atoms. The number of anilines is 1. The maximum atomic E-state index is 13.0. The third-order valence-electron chi connectivity index (χ3n) is 4.03. The average Bonchev–Trinajstić information content (AvgIpc) is 3.25. The summed E-state index contributed by atoms with van der Waals surface area (Å²) in [5.74, 6) is -2.43. The van der Waals surface area contributed by atoms with Crippen molar-refractivity contribution < 1.29 is 35.9 Å². The molecule has 2 aromatic heterocycles. The van der Waals surface area contributed by atoms with Crippen LogP contribution >= 0.6 is 11.3 Å². The summed E-state index contributed by atoms with van der Waals surface area (Å²) in [6.07, 6.45) is -9.36. The third kappa shape index (κ3) is 4.57. The van der Waals surface area contributed by atoms with Crippen LogP contribution in [-0.2, 0) is 17.1 Å². The van der Waals surface area contributed by atoms with E-state index in [9.17, 15) is 35.9 Å². The van der Waals surface area contributed by atoms with Crippen LogP contribution < -0.4 is 5.32 Å². The van der Waals surface area contributed by atoms with Gasteiger partial charge in [0.25, 0.3) is 11.7 Å². The number of benzene rings is 1. The predicted octanol–water partition coefficient (Wildman–Crippen LogP) is 4.20. The number of carbonyl (C=O) groups excluding carboxylic acids is 2. The zero-order valence-corrected chi connectivity index (χ0v) is 16.4. The molecule has 2 heterocycles. The van der Waals surface area contributed by atoms with Crippen LogP contribution in [0.5, 0.6) is 0 Å². The van der Waals surface area contributed by atoms with Gasteiger partial charge in [-0.3, -0.25) is 14.9 Å². The van der Waals surface area contributed by atoms with E-state index in [0.717, 1.165) is 22.9 Å². The van der Waals surface area contributed by atoms with Crippen molar-refractivity contribution in [2.24, 2.45) is 0 Å². The van der Waals surface area contributed by atoms with E-state index in [2.05, 4.69) is 15.3 Å². The highest BCUT2D eigenvalue weighted by Crippen LogP contribution is 2.33. The van der Waals surface area contributed by atoms with Gasteiger partial charge in [-0.2, -0.15) is 31.4 Å². The lowest BCUT2D eigenvalue weighted by Gasteiger charge is -2.10. The third-order valence-corrected chi connectivity index (χ3v) is 4.91. The topological polar surface area (TPSA) is 89.8 Å². The van der Waals surface area contributed by atoms with Crippen LogP contribution in [0, 0.1) is 13.8 Å². The van der Waals surface area contributed by atoms with Gasteiger partial charge in [-0.05, 0) is 32.0 Å². The summed E-state index contributed by atoms with van der Waals surface area (Å²) in [5.41, 5.74) is -1.00. The van der Waals surface area contributed by atoms with Gasteiger partial charge in [0.15, 0.2) is 0 Å². The second-order valence-corrected chi connectivity index (χ2v) is 7.18. The van der Waals surface area contributed by atoms with Crippen LogP contribution in [0.1, 0.15) is 32.3 Å². The van der Waals surface area contributed by atoms with Gasteiger partial charge in [0.1, 0.15) is 0 Å². The van der Waals surface area contributed by atoms with Gasteiger partial charge in [0, 0.05) is 0 Å². The van der Waals surface area contributed by atoms with E-state index < -0.39 is 39.7 Å². The molecule has 0 radical (unpaired) electrons. The summed E-state index contributed by atoms with van der Waals surface area (Å²) in [7, 11) is 0. The second kappa shape index (κ2) is 7.76. The van der Waals surface area contributed by atoms with Crippen molar-refractivity contribution in [2.45, 2.75) is 26.2 Å². The fourth-order valence-corrected chi connectivity index (χ4v) is 3.30. The Hall–Kier alpha value is -3.29. The SMILES string of the molecule is Cc1nn(-c2cccc(C(F)(F)F)c2)c(C)c1C(=O)C(=O)Nc1nnc(C(F)(F)F)s1. The number of amides is 1. The van der Waals surface area contributed by atoms with Crippen molar-refractivity contribution in [3.8, 4) is 5.69 Å². The number of nitrogens with one attached hydrogen (secondary N) is 1. The Morgan fingerprint density at radius 1 is 1.03 bits per heavy atom. The zero-order valence-electron chi connectivity index (χ0n) is 15.6. The Morgan fingerprint density at radius 3 is 2.29 bits per heavy atom. The largest absolute Gasteiger partial charge is 0.445 e.